The number of nitrogens with one attached hydrogen (secondary N) is 2. The van der Waals surface area contributed by atoms with E-state index in [1.807, 2.05) is 54.3 Å². The fourth-order valence-corrected chi connectivity index (χ4v) is 3.36. The Morgan fingerprint density at radius 3 is 2.65 bits per heavy atom. The molecule has 0 atom stereocenters. The molecule has 0 aliphatic carbocycles. The molecule has 0 spiro atoms. The van der Waals surface area contributed by atoms with Crippen molar-refractivity contribution in [2.24, 2.45) is 0 Å². The number of anilines is 1. The van der Waals surface area contributed by atoms with E-state index in [0.717, 1.165) is 42.7 Å². The highest BCUT2D eigenvalue weighted by Crippen LogP contribution is 2.28. The number of nitrogens with zero attached hydrogens (tertiary/aromatic N) is 1. The molecule has 7 heteroatoms. The molecule has 0 radical (unpaired) electrons. The highest BCUT2D eigenvalue weighted by Gasteiger charge is 2.17. The molecule has 3 amide bonds. The minimum Gasteiger partial charge on any atom is -0.493 e. The maximum atomic E-state index is 12.2. The number of likely N-dealkylation sites (tertiary alicyclic amines) is 1. The fraction of sp³-hybridized carbons (Fsp3) is 0.333. The minimum atomic E-state index is -0.209. The number of carbonyl (C=O) groups is 2. The van der Waals surface area contributed by atoms with Gasteiger partial charge in [0.2, 0.25) is 5.91 Å². The third kappa shape index (κ3) is 6.50. The molecule has 1 saturated heterocycles. The van der Waals surface area contributed by atoms with Crippen LogP contribution in [0.5, 0.6) is 11.5 Å². The molecular formula is C24H29N3O4. The Morgan fingerprint density at radius 2 is 1.90 bits per heavy atom. The summed E-state index contributed by atoms with van der Waals surface area (Å²) in [7, 11) is 1.58. The topological polar surface area (TPSA) is 79.9 Å². The third-order valence-corrected chi connectivity index (χ3v) is 4.95. The Kier molecular flexibility index (Phi) is 7.92. The van der Waals surface area contributed by atoms with Gasteiger partial charge in [0, 0.05) is 31.4 Å². The number of benzene rings is 2. The van der Waals surface area contributed by atoms with Crippen molar-refractivity contribution in [2.75, 3.05) is 32.1 Å². The van der Waals surface area contributed by atoms with Crippen molar-refractivity contribution in [1.29, 1.82) is 0 Å². The summed E-state index contributed by atoms with van der Waals surface area (Å²) in [5.74, 6) is 1.08. The van der Waals surface area contributed by atoms with Crippen LogP contribution in [0.3, 0.4) is 0 Å². The van der Waals surface area contributed by atoms with Crippen LogP contribution in [0, 0.1) is 0 Å². The average molecular weight is 424 g/mol. The zero-order valence-corrected chi connectivity index (χ0v) is 18.0. The predicted octanol–water partition coefficient (Wildman–Crippen LogP) is 4.05. The lowest BCUT2D eigenvalue weighted by Crippen LogP contribution is -2.32. The van der Waals surface area contributed by atoms with Crippen molar-refractivity contribution in [2.45, 2.75) is 26.3 Å². The van der Waals surface area contributed by atoms with Crippen LogP contribution in [-0.4, -0.2) is 43.6 Å². The van der Waals surface area contributed by atoms with Gasteiger partial charge in [-0.1, -0.05) is 18.2 Å². The van der Waals surface area contributed by atoms with E-state index >= 15 is 0 Å². The van der Waals surface area contributed by atoms with Gasteiger partial charge in [0.1, 0.15) is 0 Å². The molecular weight excluding hydrogens is 394 g/mol. The Balaban J connectivity index is 1.53. The standard InChI is InChI=1S/C24H29N3O4/c1-3-31-21-11-9-18(16-22(21)30-2)10-12-23(28)25-17-19-7-6-8-20(15-19)26-24(29)27-13-4-5-14-27/h6-12,15-16H,3-5,13-14,17H2,1-2H3,(H,25,28)(H,26,29). The van der Waals surface area contributed by atoms with E-state index in [1.54, 1.807) is 13.2 Å². The molecule has 3 rings (SSSR count). The van der Waals surface area contributed by atoms with Gasteiger partial charge >= 0.3 is 6.03 Å². The number of rotatable bonds is 8. The predicted molar refractivity (Wildman–Crippen MR) is 121 cm³/mol. The van der Waals surface area contributed by atoms with Crippen molar-refractivity contribution in [3.8, 4) is 11.5 Å². The van der Waals surface area contributed by atoms with Gasteiger partial charge in [0.25, 0.3) is 0 Å². The number of carbonyl (C=O) groups excluding carboxylic acids is 2. The van der Waals surface area contributed by atoms with Gasteiger partial charge in [-0.05, 0) is 61.2 Å². The van der Waals surface area contributed by atoms with Crippen molar-refractivity contribution in [3.05, 3.63) is 59.7 Å². The lowest BCUT2D eigenvalue weighted by atomic mass is 10.1. The van der Waals surface area contributed by atoms with Crippen LogP contribution < -0.4 is 20.1 Å². The van der Waals surface area contributed by atoms with E-state index in [2.05, 4.69) is 10.6 Å². The lowest BCUT2D eigenvalue weighted by Gasteiger charge is -2.16. The van der Waals surface area contributed by atoms with E-state index in [-0.39, 0.29) is 11.9 Å². The van der Waals surface area contributed by atoms with Gasteiger partial charge in [0.05, 0.1) is 13.7 Å². The van der Waals surface area contributed by atoms with Crippen molar-refractivity contribution >= 4 is 23.7 Å². The van der Waals surface area contributed by atoms with Gasteiger partial charge in [-0.15, -0.1) is 0 Å². The van der Waals surface area contributed by atoms with Crippen LogP contribution in [0.1, 0.15) is 30.9 Å². The van der Waals surface area contributed by atoms with E-state index in [9.17, 15) is 9.59 Å². The van der Waals surface area contributed by atoms with Crippen molar-refractivity contribution in [3.63, 3.8) is 0 Å². The lowest BCUT2D eigenvalue weighted by molar-refractivity contribution is -0.116. The molecule has 7 nitrogen and oxygen atoms in total. The summed E-state index contributed by atoms with van der Waals surface area (Å²) in [6.07, 6.45) is 5.31. The van der Waals surface area contributed by atoms with Crippen LogP contribution in [0.25, 0.3) is 6.08 Å². The van der Waals surface area contributed by atoms with Gasteiger partial charge in [-0.2, -0.15) is 0 Å². The van der Waals surface area contributed by atoms with Crippen molar-refractivity contribution in [1.82, 2.24) is 10.2 Å². The zero-order chi connectivity index (χ0) is 22.1. The molecule has 31 heavy (non-hydrogen) atoms. The molecule has 0 saturated carbocycles. The molecule has 2 aromatic carbocycles. The first-order valence-corrected chi connectivity index (χ1v) is 10.5. The minimum absolute atomic E-state index is 0.0765. The first-order chi connectivity index (χ1) is 15.1. The Labute approximate surface area is 183 Å². The molecule has 1 fully saturated rings. The highest BCUT2D eigenvalue weighted by atomic mass is 16.5. The summed E-state index contributed by atoms with van der Waals surface area (Å²) in [5.41, 5.74) is 2.46. The summed E-state index contributed by atoms with van der Waals surface area (Å²) in [4.78, 5) is 26.3. The molecule has 1 heterocycles. The van der Waals surface area contributed by atoms with Gasteiger partial charge in [-0.3, -0.25) is 4.79 Å². The SMILES string of the molecule is CCOc1ccc(C=CC(=O)NCc2cccc(NC(=O)N3CCCC3)c2)cc1OC. The smallest absolute Gasteiger partial charge is 0.321 e. The summed E-state index contributed by atoms with van der Waals surface area (Å²) in [6, 6.07) is 12.9. The first-order valence-electron chi connectivity index (χ1n) is 10.5. The molecule has 0 aromatic heterocycles. The summed E-state index contributed by atoms with van der Waals surface area (Å²) in [5, 5.41) is 5.78. The molecule has 0 unspecified atom stereocenters. The van der Waals surface area contributed by atoms with E-state index in [1.165, 1.54) is 6.08 Å². The molecule has 1 aliphatic heterocycles. The largest absolute Gasteiger partial charge is 0.493 e. The number of hydrogen-bond donors (Lipinski definition) is 2. The summed E-state index contributed by atoms with van der Waals surface area (Å²) >= 11 is 0. The van der Waals surface area contributed by atoms with Crippen LogP contribution in [0.15, 0.2) is 48.5 Å². The maximum absolute atomic E-state index is 12.2. The second-order valence-corrected chi connectivity index (χ2v) is 7.22. The van der Waals surface area contributed by atoms with Gasteiger partial charge in [0.15, 0.2) is 11.5 Å². The second kappa shape index (κ2) is 11.1. The normalized spacial score (nSPS) is 13.3. The number of methoxy groups -OCH3 is 1. The fourth-order valence-electron chi connectivity index (χ4n) is 3.36. The van der Waals surface area contributed by atoms with Crippen LogP contribution in [-0.2, 0) is 11.3 Å². The molecule has 2 aromatic rings. The maximum Gasteiger partial charge on any atom is 0.321 e. The van der Waals surface area contributed by atoms with Crippen LogP contribution >= 0.6 is 0 Å². The molecule has 164 valence electrons. The quantitative estimate of drug-likeness (QED) is 0.628. The van der Waals surface area contributed by atoms with Crippen molar-refractivity contribution < 1.29 is 19.1 Å². The summed E-state index contributed by atoms with van der Waals surface area (Å²) in [6.45, 7) is 4.43. The van der Waals surface area contributed by atoms with Gasteiger partial charge in [-0.25, -0.2) is 4.79 Å². The zero-order valence-electron chi connectivity index (χ0n) is 18.0. The Morgan fingerprint density at radius 1 is 1.10 bits per heavy atom. The monoisotopic (exact) mass is 423 g/mol. The third-order valence-electron chi connectivity index (χ3n) is 4.95. The Bertz CT molecular complexity index is 936. The van der Waals surface area contributed by atoms with Crippen LogP contribution in [0.2, 0.25) is 0 Å². The second-order valence-electron chi connectivity index (χ2n) is 7.22. The number of urea groups is 1. The van der Waals surface area contributed by atoms with Crippen LogP contribution in [0.4, 0.5) is 10.5 Å². The Hall–Kier alpha value is -3.48. The van der Waals surface area contributed by atoms with Gasteiger partial charge < -0.3 is 25.0 Å². The highest BCUT2D eigenvalue weighted by molar-refractivity contribution is 5.92. The first kappa shape index (κ1) is 22.2. The molecule has 2 N–H and O–H groups in total. The van der Waals surface area contributed by atoms with E-state index in [0.29, 0.717) is 24.7 Å². The average Bonchev–Trinajstić information content (AvgIpc) is 3.32. The molecule has 0 bridgehead atoms. The number of amides is 3. The van der Waals surface area contributed by atoms with E-state index in [4.69, 9.17) is 9.47 Å². The number of hydrogen-bond acceptors (Lipinski definition) is 4. The van der Waals surface area contributed by atoms with E-state index < -0.39 is 0 Å². The number of ether oxygens (including phenoxy) is 2. The molecule has 1 aliphatic rings. The summed E-state index contributed by atoms with van der Waals surface area (Å²) < 4.78 is 10.8.